The van der Waals surface area contributed by atoms with Gasteiger partial charge in [0.1, 0.15) is 11.8 Å². The monoisotopic (exact) mass is 344 g/mol. The van der Waals surface area contributed by atoms with E-state index in [4.69, 9.17) is 4.74 Å². The molecule has 2 amide bonds. The van der Waals surface area contributed by atoms with Crippen molar-refractivity contribution >= 4 is 17.9 Å². The largest absolute Gasteiger partial charge is 0.497 e. The van der Waals surface area contributed by atoms with Crippen LogP contribution in [0.3, 0.4) is 0 Å². The SMILES string of the molecule is COc1ccc(/C=C/C(=O)NC(C)C(=O)NC2CCCCCC2)cc1. The summed E-state index contributed by atoms with van der Waals surface area (Å²) in [6, 6.07) is 7.09. The first-order chi connectivity index (χ1) is 12.1. The van der Waals surface area contributed by atoms with E-state index in [1.54, 1.807) is 20.1 Å². The second-order valence-electron chi connectivity index (χ2n) is 6.53. The molecule has 136 valence electrons. The Bertz CT molecular complexity index is 587. The fourth-order valence-corrected chi connectivity index (χ4v) is 2.96. The summed E-state index contributed by atoms with van der Waals surface area (Å²) in [7, 11) is 1.61. The van der Waals surface area contributed by atoms with Crippen LogP contribution in [-0.2, 0) is 9.59 Å². The van der Waals surface area contributed by atoms with E-state index < -0.39 is 6.04 Å². The topological polar surface area (TPSA) is 67.4 Å². The van der Waals surface area contributed by atoms with Gasteiger partial charge in [-0.05, 0) is 43.5 Å². The molecule has 25 heavy (non-hydrogen) atoms. The molecule has 0 aromatic heterocycles. The fourth-order valence-electron chi connectivity index (χ4n) is 2.96. The molecule has 0 aliphatic heterocycles. The molecule has 1 unspecified atom stereocenters. The number of benzene rings is 1. The Balaban J connectivity index is 1.79. The van der Waals surface area contributed by atoms with E-state index in [-0.39, 0.29) is 17.9 Å². The summed E-state index contributed by atoms with van der Waals surface area (Å²) >= 11 is 0. The van der Waals surface area contributed by atoms with Gasteiger partial charge in [-0.3, -0.25) is 9.59 Å². The van der Waals surface area contributed by atoms with Crippen LogP contribution in [0.4, 0.5) is 0 Å². The first-order valence-electron chi connectivity index (χ1n) is 9.01. The van der Waals surface area contributed by atoms with Crippen molar-refractivity contribution in [3.63, 3.8) is 0 Å². The third kappa shape index (κ3) is 6.61. The standard InChI is InChI=1S/C20H28N2O3/c1-15(20(24)22-17-7-5-3-4-6-8-17)21-19(23)14-11-16-9-12-18(25-2)13-10-16/h9-15,17H,3-8H2,1-2H3,(H,21,23)(H,22,24)/b14-11+. The van der Waals surface area contributed by atoms with E-state index in [0.29, 0.717) is 0 Å². The lowest BCUT2D eigenvalue weighted by molar-refractivity contribution is -0.127. The van der Waals surface area contributed by atoms with Gasteiger partial charge in [-0.1, -0.05) is 37.8 Å². The molecular weight excluding hydrogens is 316 g/mol. The van der Waals surface area contributed by atoms with Crippen molar-refractivity contribution in [3.05, 3.63) is 35.9 Å². The van der Waals surface area contributed by atoms with Crippen molar-refractivity contribution in [2.45, 2.75) is 57.5 Å². The number of methoxy groups -OCH3 is 1. The third-order valence-corrected chi connectivity index (χ3v) is 4.50. The van der Waals surface area contributed by atoms with E-state index in [1.165, 1.54) is 18.9 Å². The van der Waals surface area contributed by atoms with Crippen molar-refractivity contribution < 1.29 is 14.3 Å². The quantitative estimate of drug-likeness (QED) is 0.616. The van der Waals surface area contributed by atoms with Crippen LogP contribution in [0.2, 0.25) is 0 Å². The zero-order valence-corrected chi connectivity index (χ0v) is 15.1. The average molecular weight is 344 g/mol. The lowest BCUT2D eigenvalue weighted by Crippen LogP contribution is -2.47. The number of nitrogens with one attached hydrogen (secondary N) is 2. The third-order valence-electron chi connectivity index (χ3n) is 4.50. The van der Waals surface area contributed by atoms with Gasteiger partial charge in [-0.2, -0.15) is 0 Å². The second-order valence-corrected chi connectivity index (χ2v) is 6.53. The summed E-state index contributed by atoms with van der Waals surface area (Å²) in [6.45, 7) is 1.71. The molecule has 1 aromatic rings. The Kier molecular flexibility index (Phi) is 7.51. The van der Waals surface area contributed by atoms with Crippen LogP contribution in [-0.4, -0.2) is 31.0 Å². The van der Waals surface area contributed by atoms with E-state index >= 15 is 0 Å². The maximum Gasteiger partial charge on any atom is 0.244 e. The van der Waals surface area contributed by atoms with Crippen LogP contribution in [0, 0.1) is 0 Å². The molecule has 1 aromatic carbocycles. The van der Waals surface area contributed by atoms with Crippen LogP contribution in [0.1, 0.15) is 51.0 Å². The molecule has 2 N–H and O–H groups in total. The lowest BCUT2D eigenvalue weighted by atomic mass is 10.1. The Morgan fingerprint density at radius 1 is 1.12 bits per heavy atom. The maximum atomic E-state index is 12.2. The Labute approximate surface area is 149 Å². The van der Waals surface area contributed by atoms with Gasteiger partial charge in [-0.15, -0.1) is 0 Å². The molecule has 0 spiro atoms. The number of amides is 2. The molecule has 0 heterocycles. The average Bonchev–Trinajstić information content (AvgIpc) is 2.89. The van der Waals surface area contributed by atoms with E-state index in [0.717, 1.165) is 37.0 Å². The van der Waals surface area contributed by atoms with Crippen LogP contribution in [0.15, 0.2) is 30.3 Å². The molecular formula is C20H28N2O3. The van der Waals surface area contributed by atoms with Gasteiger partial charge in [0.25, 0.3) is 0 Å². The Hall–Kier alpha value is -2.30. The summed E-state index contributed by atoms with van der Waals surface area (Å²) < 4.78 is 5.10. The van der Waals surface area contributed by atoms with Crippen LogP contribution >= 0.6 is 0 Å². The predicted molar refractivity (Wildman–Crippen MR) is 99.3 cm³/mol. The number of ether oxygens (including phenoxy) is 1. The molecule has 5 nitrogen and oxygen atoms in total. The molecule has 1 aliphatic rings. The minimum absolute atomic E-state index is 0.113. The minimum Gasteiger partial charge on any atom is -0.497 e. The van der Waals surface area contributed by atoms with Crippen molar-refractivity contribution in [2.75, 3.05) is 7.11 Å². The maximum absolute atomic E-state index is 12.2. The highest BCUT2D eigenvalue weighted by molar-refractivity contribution is 5.95. The number of hydrogen-bond donors (Lipinski definition) is 2. The van der Waals surface area contributed by atoms with Gasteiger partial charge < -0.3 is 15.4 Å². The molecule has 1 fully saturated rings. The molecule has 1 atom stereocenters. The minimum atomic E-state index is -0.545. The van der Waals surface area contributed by atoms with Gasteiger partial charge in [0, 0.05) is 12.1 Å². The Morgan fingerprint density at radius 3 is 2.36 bits per heavy atom. The molecule has 2 rings (SSSR count). The van der Waals surface area contributed by atoms with Crippen molar-refractivity contribution in [1.82, 2.24) is 10.6 Å². The summed E-state index contributed by atoms with van der Waals surface area (Å²) in [5.41, 5.74) is 0.895. The van der Waals surface area contributed by atoms with Gasteiger partial charge >= 0.3 is 0 Å². The fraction of sp³-hybridized carbons (Fsp3) is 0.500. The van der Waals surface area contributed by atoms with Crippen molar-refractivity contribution in [3.8, 4) is 5.75 Å². The highest BCUT2D eigenvalue weighted by Crippen LogP contribution is 2.17. The molecule has 5 heteroatoms. The number of rotatable bonds is 6. The van der Waals surface area contributed by atoms with Gasteiger partial charge in [0.2, 0.25) is 11.8 Å². The van der Waals surface area contributed by atoms with Gasteiger partial charge in [0.05, 0.1) is 7.11 Å². The molecule has 1 aliphatic carbocycles. The molecule has 0 radical (unpaired) electrons. The molecule has 0 bridgehead atoms. The zero-order valence-electron chi connectivity index (χ0n) is 15.1. The predicted octanol–water partition coefficient (Wildman–Crippen LogP) is 3.05. The highest BCUT2D eigenvalue weighted by Gasteiger charge is 2.19. The number of hydrogen-bond acceptors (Lipinski definition) is 3. The van der Waals surface area contributed by atoms with Gasteiger partial charge in [0.15, 0.2) is 0 Å². The van der Waals surface area contributed by atoms with E-state index in [2.05, 4.69) is 10.6 Å². The smallest absolute Gasteiger partial charge is 0.244 e. The second kappa shape index (κ2) is 9.87. The first-order valence-corrected chi connectivity index (χ1v) is 9.01. The van der Waals surface area contributed by atoms with Crippen molar-refractivity contribution in [2.24, 2.45) is 0 Å². The summed E-state index contributed by atoms with van der Waals surface area (Å²) in [6.07, 6.45) is 10.0. The van der Waals surface area contributed by atoms with E-state index in [9.17, 15) is 9.59 Å². The molecule has 1 saturated carbocycles. The summed E-state index contributed by atoms with van der Waals surface area (Å²) in [4.78, 5) is 24.2. The summed E-state index contributed by atoms with van der Waals surface area (Å²) in [5.74, 6) is 0.378. The van der Waals surface area contributed by atoms with Crippen LogP contribution < -0.4 is 15.4 Å². The number of carbonyl (C=O) groups excluding carboxylic acids is 2. The van der Waals surface area contributed by atoms with Gasteiger partial charge in [-0.25, -0.2) is 0 Å². The zero-order chi connectivity index (χ0) is 18.1. The summed E-state index contributed by atoms with van der Waals surface area (Å²) in [5, 5.41) is 5.77. The van der Waals surface area contributed by atoms with Crippen LogP contribution in [0.25, 0.3) is 6.08 Å². The first kappa shape index (κ1) is 19.0. The lowest BCUT2D eigenvalue weighted by Gasteiger charge is -2.19. The number of carbonyl (C=O) groups is 2. The Morgan fingerprint density at radius 2 is 1.76 bits per heavy atom. The molecule has 0 saturated heterocycles. The highest BCUT2D eigenvalue weighted by atomic mass is 16.5. The normalized spacial score (nSPS) is 16.9. The van der Waals surface area contributed by atoms with Crippen LogP contribution in [0.5, 0.6) is 5.75 Å². The van der Waals surface area contributed by atoms with Crippen molar-refractivity contribution in [1.29, 1.82) is 0 Å². The van der Waals surface area contributed by atoms with E-state index in [1.807, 2.05) is 24.3 Å².